The van der Waals surface area contributed by atoms with E-state index in [2.05, 4.69) is 34.7 Å². The maximum absolute atomic E-state index is 11.8. The quantitative estimate of drug-likeness (QED) is 0.570. The van der Waals surface area contributed by atoms with Gasteiger partial charge in [0.2, 0.25) is 5.91 Å². The highest BCUT2D eigenvalue weighted by atomic mass is 16.2. The fourth-order valence-electron chi connectivity index (χ4n) is 2.59. The van der Waals surface area contributed by atoms with E-state index in [4.69, 9.17) is 0 Å². The van der Waals surface area contributed by atoms with Crippen LogP contribution < -0.4 is 16.0 Å². The van der Waals surface area contributed by atoms with Gasteiger partial charge in [0.25, 0.3) is 0 Å². The summed E-state index contributed by atoms with van der Waals surface area (Å²) in [5.41, 5.74) is 1.81. The van der Waals surface area contributed by atoms with Gasteiger partial charge in [-0.25, -0.2) is 4.79 Å². The number of hydrogen-bond acceptors (Lipinski definition) is 3. The molecule has 138 valence electrons. The fraction of sp³-hybridized carbons (Fsp3) is 0.579. The summed E-state index contributed by atoms with van der Waals surface area (Å²) in [6, 6.07) is 7.44. The minimum Gasteiger partial charge on any atom is -0.338 e. The molecule has 3 amide bonds. The van der Waals surface area contributed by atoms with Gasteiger partial charge < -0.3 is 20.9 Å². The highest BCUT2D eigenvalue weighted by Crippen LogP contribution is 2.30. The van der Waals surface area contributed by atoms with Gasteiger partial charge in [0.05, 0.1) is 0 Å². The van der Waals surface area contributed by atoms with Gasteiger partial charge in [-0.3, -0.25) is 4.79 Å². The summed E-state index contributed by atoms with van der Waals surface area (Å²) in [6.07, 6.45) is 2.94. The summed E-state index contributed by atoms with van der Waals surface area (Å²) in [5, 5.41) is 8.64. The average Bonchev–Trinajstić information content (AvgIpc) is 3.46. The van der Waals surface area contributed by atoms with Crippen LogP contribution in [0.15, 0.2) is 24.3 Å². The normalized spacial score (nSPS) is 13.6. The van der Waals surface area contributed by atoms with E-state index in [-0.39, 0.29) is 17.9 Å². The number of benzene rings is 1. The maximum Gasteiger partial charge on any atom is 0.315 e. The van der Waals surface area contributed by atoms with Crippen molar-refractivity contribution in [1.29, 1.82) is 0 Å². The molecule has 0 heterocycles. The first kappa shape index (κ1) is 19.2. The molecule has 2 rings (SSSR count). The van der Waals surface area contributed by atoms with Crippen LogP contribution in [0.3, 0.4) is 0 Å². The molecule has 6 heteroatoms. The second-order valence-corrected chi connectivity index (χ2v) is 6.45. The standard InChI is InChI=1S/C19H30N4O2/c1-3-23(4-2)13-5-12-20-19(25)21-14-15-6-10-17(11-7-15)22-18(24)16-8-9-16/h6-7,10-11,16H,3-5,8-9,12-14H2,1-2H3,(H,22,24)(H2,20,21,25). The molecular weight excluding hydrogens is 316 g/mol. The lowest BCUT2D eigenvalue weighted by Gasteiger charge is -2.17. The van der Waals surface area contributed by atoms with Crippen LogP contribution in [-0.4, -0.2) is 43.0 Å². The Morgan fingerprint density at radius 2 is 1.76 bits per heavy atom. The van der Waals surface area contributed by atoms with Gasteiger partial charge in [-0.05, 0) is 56.6 Å². The maximum atomic E-state index is 11.8. The van der Waals surface area contributed by atoms with E-state index in [1.165, 1.54) is 0 Å². The Balaban J connectivity index is 1.61. The molecular formula is C19H30N4O2. The summed E-state index contributed by atoms with van der Waals surface area (Å²) >= 11 is 0. The first-order valence-corrected chi connectivity index (χ1v) is 9.26. The van der Waals surface area contributed by atoms with Crippen LogP contribution in [0.5, 0.6) is 0 Å². The van der Waals surface area contributed by atoms with E-state index in [0.717, 1.165) is 50.1 Å². The molecule has 0 atom stereocenters. The molecule has 0 saturated heterocycles. The molecule has 0 spiro atoms. The van der Waals surface area contributed by atoms with E-state index < -0.39 is 0 Å². The van der Waals surface area contributed by atoms with Crippen LogP contribution in [0.25, 0.3) is 0 Å². The van der Waals surface area contributed by atoms with Crippen molar-refractivity contribution in [2.75, 3.05) is 31.5 Å². The summed E-state index contributed by atoms with van der Waals surface area (Å²) in [4.78, 5) is 25.8. The summed E-state index contributed by atoms with van der Waals surface area (Å²) in [6.45, 7) is 8.52. The zero-order valence-electron chi connectivity index (χ0n) is 15.3. The number of hydrogen-bond donors (Lipinski definition) is 3. The van der Waals surface area contributed by atoms with Gasteiger partial charge in [-0.1, -0.05) is 26.0 Å². The first-order chi connectivity index (χ1) is 12.1. The van der Waals surface area contributed by atoms with Gasteiger partial charge in [-0.2, -0.15) is 0 Å². The topological polar surface area (TPSA) is 73.5 Å². The van der Waals surface area contributed by atoms with E-state index in [1.807, 2.05) is 24.3 Å². The molecule has 0 bridgehead atoms. The summed E-state index contributed by atoms with van der Waals surface area (Å²) < 4.78 is 0. The van der Waals surface area contributed by atoms with Gasteiger partial charge in [0.15, 0.2) is 0 Å². The molecule has 3 N–H and O–H groups in total. The Kier molecular flexibility index (Phi) is 7.73. The minimum atomic E-state index is -0.148. The van der Waals surface area contributed by atoms with Crippen LogP contribution in [-0.2, 0) is 11.3 Å². The molecule has 0 radical (unpaired) electrons. The third-order valence-electron chi connectivity index (χ3n) is 4.45. The van der Waals surface area contributed by atoms with Crippen LogP contribution in [0, 0.1) is 5.92 Å². The van der Waals surface area contributed by atoms with E-state index >= 15 is 0 Å². The van der Waals surface area contributed by atoms with Crippen molar-refractivity contribution in [1.82, 2.24) is 15.5 Å². The van der Waals surface area contributed by atoms with Crippen LogP contribution >= 0.6 is 0 Å². The van der Waals surface area contributed by atoms with Gasteiger partial charge in [0, 0.05) is 24.7 Å². The van der Waals surface area contributed by atoms with E-state index in [0.29, 0.717) is 13.1 Å². The van der Waals surface area contributed by atoms with Crippen LogP contribution in [0.1, 0.15) is 38.7 Å². The van der Waals surface area contributed by atoms with Crippen LogP contribution in [0.4, 0.5) is 10.5 Å². The molecule has 1 aromatic rings. The molecule has 25 heavy (non-hydrogen) atoms. The molecule has 1 aliphatic rings. The van der Waals surface area contributed by atoms with Crippen molar-refractivity contribution in [3.8, 4) is 0 Å². The first-order valence-electron chi connectivity index (χ1n) is 9.26. The lowest BCUT2D eigenvalue weighted by atomic mass is 10.2. The Bertz CT molecular complexity index is 551. The predicted molar refractivity (Wildman–Crippen MR) is 100 cm³/mol. The average molecular weight is 346 g/mol. The molecule has 0 aromatic heterocycles. The smallest absolute Gasteiger partial charge is 0.315 e. The number of rotatable bonds is 10. The van der Waals surface area contributed by atoms with Crippen LogP contribution in [0.2, 0.25) is 0 Å². The zero-order valence-corrected chi connectivity index (χ0v) is 15.3. The van der Waals surface area contributed by atoms with Crippen molar-refractivity contribution < 1.29 is 9.59 Å². The molecule has 1 saturated carbocycles. The second-order valence-electron chi connectivity index (χ2n) is 6.45. The van der Waals surface area contributed by atoms with E-state index in [1.54, 1.807) is 0 Å². The van der Waals surface area contributed by atoms with Gasteiger partial charge in [0.1, 0.15) is 0 Å². The summed E-state index contributed by atoms with van der Waals surface area (Å²) in [7, 11) is 0. The molecule has 1 aromatic carbocycles. The van der Waals surface area contributed by atoms with Crippen molar-refractivity contribution >= 4 is 17.6 Å². The molecule has 1 aliphatic carbocycles. The molecule has 0 unspecified atom stereocenters. The molecule has 6 nitrogen and oxygen atoms in total. The highest BCUT2D eigenvalue weighted by Gasteiger charge is 2.29. The number of amides is 3. The Morgan fingerprint density at radius 3 is 2.36 bits per heavy atom. The highest BCUT2D eigenvalue weighted by molar-refractivity contribution is 5.94. The lowest BCUT2D eigenvalue weighted by Crippen LogP contribution is -2.36. The number of nitrogens with zero attached hydrogens (tertiary/aromatic N) is 1. The molecule has 1 fully saturated rings. The van der Waals surface area contributed by atoms with Gasteiger partial charge >= 0.3 is 6.03 Å². The fourth-order valence-corrected chi connectivity index (χ4v) is 2.59. The Labute approximate surface area is 150 Å². The monoisotopic (exact) mass is 346 g/mol. The third kappa shape index (κ3) is 7.13. The number of nitrogens with one attached hydrogen (secondary N) is 3. The SMILES string of the molecule is CCN(CC)CCCNC(=O)NCc1ccc(NC(=O)C2CC2)cc1. The number of carbonyl (C=O) groups excluding carboxylic acids is 2. The lowest BCUT2D eigenvalue weighted by molar-refractivity contribution is -0.117. The zero-order chi connectivity index (χ0) is 18.1. The number of urea groups is 1. The van der Waals surface area contributed by atoms with Crippen molar-refractivity contribution in [2.24, 2.45) is 5.92 Å². The second kappa shape index (κ2) is 10.0. The Hall–Kier alpha value is -2.08. The number of carbonyl (C=O) groups is 2. The predicted octanol–water partition coefficient (Wildman–Crippen LogP) is 2.57. The van der Waals surface area contributed by atoms with Crippen molar-refractivity contribution in [3.05, 3.63) is 29.8 Å². The van der Waals surface area contributed by atoms with Crippen molar-refractivity contribution in [3.63, 3.8) is 0 Å². The van der Waals surface area contributed by atoms with E-state index in [9.17, 15) is 9.59 Å². The Morgan fingerprint density at radius 1 is 1.08 bits per heavy atom. The molecule has 0 aliphatic heterocycles. The number of anilines is 1. The third-order valence-corrected chi connectivity index (χ3v) is 4.45. The largest absolute Gasteiger partial charge is 0.338 e. The van der Waals surface area contributed by atoms with Gasteiger partial charge in [-0.15, -0.1) is 0 Å². The van der Waals surface area contributed by atoms with Crippen molar-refractivity contribution in [2.45, 2.75) is 39.7 Å². The summed E-state index contributed by atoms with van der Waals surface area (Å²) in [5.74, 6) is 0.307. The minimum absolute atomic E-state index is 0.106.